The largest absolute Gasteiger partial charge is 0.326 e. The Morgan fingerprint density at radius 1 is 1.43 bits per heavy atom. The number of carbonyl (C=O) groups is 1. The van der Waals surface area contributed by atoms with Crippen LogP contribution in [0.4, 0.5) is 5.69 Å². The molecular formula is C11H14N2O. The van der Waals surface area contributed by atoms with Gasteiger partial charge in [0.15, 0.2) is 0 Å². The molecule has 0 spiro atoms. The van der Waals surface area contributed by atoms with E-state index < -0.39 is 0 Å². The van der Waals surface area contributed by atoms with Crippen LogP contribution >= 0.6 is 0 Å². The molecule has 0 radical (unpaired) electrons. The molecule has 0 saturated carbocycles. The molecule has 0 bridgehead atoms. The highest BCUT2D eigenvalue weighted by Crippen LogP contribution is 2.21. The van der Waals surface area contributed by atoms with E-state index in [1.54, 1.807) is 0 Å². The average Bonchev–Trinajstić information content (AvgIpc) is 2.65. The minimum atomic E-state index is 0.221. The molecule has 3 nitrogen and oxygen atoms in total. The second kappa shape index (κ2) is 3.80. The van der Waals surface area contributed by atoms with Crippen molar-refractivity contribution in [3.63, 3.8) is 0 Å². The van der Waals surface area contributed by atoms with Crippen molar-refractivity contribution in [2.45, 2.75) is 19.4 Å². The number of benzene rings is 1. The highest BCUT2D eigenvalue weighted by Gasteiger charge is 2.21. The van der Waals surface area contributed by atoms with E-state index in [-0.39, 0.29) is 5.91 Å². The Balaban J connectivity index is 2.26. The van der Waals surface area contributed by atoms with Crippen LogP contribution in [0, 0.1) is 0 Å². The fourth-order valence-corrected chi connectivity index (χ4v) is 1.77. The van der Waals surface area contributed by atoms with Crippen molar-refractivity contribution in [3.05, 3.63) is 29.8 Å². The predicted octanol–water partition coefficient (Wildman–Crippen LogP) is 1.27. The van der Waals surface area contributed by atoms with Gasteiger partial charge in [0.1, 0.15) is 0 Å². The highest BCUT2D eigenvalue weighted by atomic mass is 16.2. The SMILES string of the molecule is NCc1cccc(N2CCCC2=O)c1. The molecule has 2 rings (SSSR count). The Morgan fingerprint density at radius 3 is 2.93 bits per heavy atom. The van der Waals surface area contributed by atoms with E-state index in [0.29, 0.717) is 13.0 Å². The summed E-state index contributed by atoms with van der Waals surface area (Å²) in [5.74, 6) is 0.221. The summed E-state index contributed by atoms with van der Waals surface area (Å²) in [6.45, 7) is 1.36. The summed E-state index contributed by atoms with van der Waals surface area (Å²) in [6.07, 6.45) is 1.64. The molecule has 2 N–H and O–H groups in total. The van der Waals surface area contributed by atoms with E-state index in [2.05, 4.69) is 0 Å². The Kier molecular flexibility index (Phi) is 2.50. The normalized spacial score (nSPS) is 16.4. The smallest absolute Gasteiger partial charge is 0.227 e. The number of carbonyl (C=O) groups excluding carboxylic acids is 1. The number of nitrogens with two attached hydrogens (primary N) is 1. The summed E-state index contributed by atoms with van der Waals surface area (Å²) >= 11 is 0. The zero-order chi connectivity index (χ0) is 9.97. The third kappa shape index (κ3) is 1.63. The molecule has 1 aliphatic heterocycles. The Morgan fingerprint density at radius 2 is 2.29 bits per heavy atom. The molecule has 1 aliphatic rings. The zero-order valence-corrected chi connectivity index (χ0v) is 8.07. The fourth-order valence-electron chi connectivity index (χ4n) is 1.77. The van der Waals surface area contributed by atoms with Crippen molar-refractivity contribution in [2.24, 2.45) is 5.73 Å². The maximum atomic E-state index is 11.5. The van der Waals surface area contributed by atoms with Gasteiger partial charge in [-0.25, -0.2) is 0 Å². The molecule has 3 heteroatoms. The predicted molar refractivity (Wildman–Crippen MR) is 55.9 cm³/mol. The quantitative estimate of drug-likeness (QED) is 0.763. The van der Waals surface area contributed by atoms with Gasteiger partial charge in [-0.15, -0.1) is 0 Å². The molecule has 1 fully saturated rings. The topological polar surface area (TPSA) is 46.3 Å². The van der Waals surface area contributed by atoms with Gasteiger partial charge in [0.2, 0.25) is 5.91 Å². The van der Waals surface area contributed by atoms with Crippen LogP contribution in [0.1, 0.15) is 18.4 Å². The number of hydrogen-bond acceptors (Lipinski definition) is 2. The first-order chi connectivity index (χ1) is 6.81. The van der Waals surface area contributed by atoms with Crippen LogP contribution in [0.2, 0.25) is 0 Å². The van der Waals surface area contributed by atoms with Crippen LogP contribution in [0.25, 0.3) is 0 Å². The van der Waals surface area contributed by atoms with Gasteiger partial charge >= 0.3 is 0 Å². The molecule has 1 aromatic carbocycles. The molecule has 74 valence electrons. The lowest BCUT2D eigenvalue weighted by molar-refractivity contribution is -0.117. The monoisotopic (exact) mass is 190 g/mol. The minimum Gasteiger partial charge on any atom is -0.326 e. The maximum absolute atomic E-state index is 11.5. The summed E-state index contributed by atoms with van der Waals surface area (Å²) in [5, 5.41) is 0. The Hall–Kier alpha value is -1.35. The maximum Gasteiger partial charge on any atom is 0.227 e. The van der Waals surface area contributed by atoms with Crippen molar-refractivity contribution >= 4 is 11.6 Å². The van der Waals surface area contributed by atoms with Crippen molar-refractivity contribution in [1.29, 1.82) is 0 Å². The van der Waals surface area contributed by atoms with Gasteiger partial charge in [-0.3, -0.25) is 4.79 Å². The lowest BCUT2D eigenvalue weighted by Crippen LogP contribution is -2.23. The van der Waals surface area contributed by atoms with Gasteiger partial charge in [-0.1, -0.05) is 12.1 Å². The van der Waals surface area contributed by atoms with Crippen LogP contribution < -0.4 is 10.6 Å². The first kappa shape index (κ1) is 9.21. The molecule has 0 atom stereocenters. The van der Waals surface area contributed by atoms with E-state index in [1.807, 2.05) is 29.2 Å². The van der Waals surface area contributed by atoms with Crippen molar-refractivity contribution in [1.82, 2.24) is 0 Å². The van der Waals surface area contributed by atoms with Gasteiger partial charge in [0.05, 0.1) is 0 Å². The van der Waals surface area contributed by atoms with Crippen molar-refractivity contribution < 1.29 is 4.79 Å². The number of amides is 1. The van der Waals surface area contributed by atoms with Crippen LogP contribution in [0.3, 0.4) is 0 Å². The number of rotatable bonds is 2. The van der Waals surface area contributed by atoms with Gasteiger partial charge in [0.25, 0.3) is 0 Å². The van der Waals surface area contributed by atoms with E-state index >= 15 is 0 Å². The first-order valence-corrected chi connectivity index (χ1v) is 4.90. The molecule has 1 amide bonds. The summed E-state index contributed by atoms with van der Waals surface area (Å²) in [7, 11) is 0. The highest BCUT2D eigenvalue weighted by molar-refractivity contribution is 5.95. The molecule has 1 saturated heterocycles. The van der Waals surface area contributed by atoms with E-state index in [4.69, 9.17) is 5.73 Å². The lowest BCUT2D eigenvalue weighted by atomic mass is 10.2. The third-order valence-electron chi connectivity index (χ3n) is 2.53. The summed E-state index contributed by atoms with van der Waals surface area (Å²) in [6, 6.07) is 7.87. The van der Waals surface area contributed by atoms with Gasteiger partial charge in [-0.05, 0) is 24.1 Å². The zero-order valence-electron chi connectivity index (χ0n) is 8.07. The van der Waals surface area contributed by atoms with Crippen LogP contribution in [-0.4, -0.2) is 12.5 Å². The Bertz CT molecular complexity index is 349. The molecule has 0 aromatic heterocycles. The number of anilines is 1. The molecule has 0 aliphatic carbocycles. The second-order valence-electron chi connectivity index (χ2n) is 3.52. The number of nitrogens with zero attached hydrogens (tertiary/aromatic N) is 1. The Labute approximate surface area is 83.5 Å². The van der Waals surface area contributed by atoms with Crippen LogP contribution in [0.15, 0.2) is 24.3 Å². The molecular weight excluding hydrogens is 176 g/mol. The van der Waals surface area contributed by atoms with Crippen LogP contribution in [0.5, 0.6) is 0 Å². The van der Waals surface area contributed by atoms with Crippen molar-refractivity contribution in [2.75, 3.05) is 11.4 Å². The standard InChI is InChI=1S/C11H14N2O/c12-8-9-3-1-4-10(7-9)13-6-2-5-11(13)14/h1,3-4,7H,2,5-6,8,12H2. The molecule has 1 heterocycles. The van der Waals surface area contributed by atoms with Crippen LogP contribution in [-0.2, 0) is 11.3 Å². The van der Waals surface area contributed by atoms with Crippen molar-refractivity contribution in [3.8, 4) is 0 Å². The van der Waals surface area contributed by atoms with Gasteiger partial charge in [0, 0.05) is 25.2 Å². The molecule has 1 aromatic rings. The van der Waals surface area contributed by atoms with Gasteiger partial charge in [-0.2, -0.15) is 0 Å². The first-order valence-electron chi connectivity index (χ1n) is 4.90. The van der Waals surface area contributed by atoms with E-state index in [1.165, 1.54) is 0 Å². The second-order valence-corrected chi connectivity index (χ2v) is 3.52. The van der Waals surface area contributed by atoms with E-state index in [9.17, 15) is 4.79 Å². The fraction of sp³-hybridized carbons (Fsp3) is 0.364. The average molecular weight is 190 g/mol. The number of hydrogen-bond donors (Lipinski definition) is 1. The summed E-state index contributed by atoms with van der Waals surface area (Å²) in [5.41, 5.74) is 7.60. The van der Waals surface area contributed by atoms with E-state index in [0.717, 1.165) is 24.2 Å². The molecule has 0 unspecified atom stereocenters. The summed E-state index contributed by atoms with van der Waals surface area (Å²) < 4.78 is 0. The third-order valence-corrected chi connectivity index (χ3v) is 2.53. The lowest BCUT2D eigenvalue weighted by Gasteiger charge is -2.16. The molecule has 14 heavy (non-hydrogen) atoms. The van der Waals surface area contributed by atoms with Gasteiger partial charge < -0.3 is 10.6 Å². The summed E-state index contributed by atoms with van der Waals surface area (Å²) in [4.78, 5) is 13.3. The minimum absolute atomic E-state index is 0.221.